The summed E-state index contributed by atoms with van der Waals surface area (Å²) >= 11 is 2.19. The summed E-state index contributed by atoms with van der Waals surface area (Å²) < 4.78 is 2.92. The number of benzene rings is 1. The largest absolute Gasteiger partial charge is 0.336 e. The molecule has 0 N–H and O–H groups in total. The van der Waals surface area contributed by atoms with Crippen LogP contribution < -0.4 is 0 Å². The van der Waals surface area contributed by atoms with Crippen molar-refractivity contribution < 1.29 is 4.79 Å². The van der Waals surface area contributed by atoms with E-state index in [1.165, 1.54) is 0 Å². The number of fused-ring (bicyclic) bond motifs is 3. The van der Waals surface area contributed by atoms with E-state index in [0.29, 0.717) is 6.54 Å². The highest BCUT2D eigenvalue weighted by Crippen LogP contribution is 2.25. The van der Waals surface area contributed by atoms with Crippen molar-refractivity contribution in [2.45, 2.75) is 6.54 Å². The van der Waals surface area contributed by atoms with Gasteiger partial charge in [-0.3, -0.25) is 9.36 Å². The van der Waals surface area contributed by atoms with E-state index in [-0.39, 0.29) is 5.91 Å². The van der Waals surface area contributed by atoms with Crippen molar-refractivity contribution in [1.82, 2.24) is 14.5 Å². The van der Waals surface area contributed by atoms with E-state index in [0.717, 1.165) is 20.8 Å². The lowest BCUT2D eigenvalue weighted by Gasteiger charge is -2.13. The third kappa shape index (κ3) is 1.56. The van der Waals surface area contributed by atoms with E-state index < -0.39 is 0 Å². The molecule has 1 aromatic carbocycles. The average molecular weight is 339 g/mol. The second kappa shape index (κ2) is 3.83. The standard InChI is InChI=1S/C12H10IN3O/c1-15-7-8-6-14-12(13)16(8)10-5-3-2-4-9(10)11(15)17/h2-6H,7H2,1H3. The molecule has 3 rings (SSSR count). The van der Waals surface area contributed by atoms with Crippen molar-refractivity contribution in [3.05, 3.63) is 45.6 Å². The van der Waals surface area contributed by atoms with Gasteiger partial charge in [-0.2, -0.15) is 0 Å². The lowest BCUT2D eigenvalue weighted by atomic mass is 10.1. The molecule has 0 atom stereocenters. The third-order valence-electron chi connectivity index (χ3n) is 2.91. The normalized spacial score (nSPS) is 14.2. The monoisotopic (exact) mass is 339 g/mol. The first-order valence-electron chi connectivity index (χ1n) is 5.25. The Balaban J connectivity index is 2.35. The number of amides is 1. The number of imidazole rings is 1. The van der Waals surface area contributed by atoms with Gasteiger partial charge in [-0.1, -0.05) is 12.1 Å². The fourth-order valence-corrected chi connectivity index (χ4v) is 2.81. The van der Waals surface area contributed by atoms with Crippen LogP contribution in [0.15, 0.2) is 30.5 Å². The number of hydrogen-bond donors (Lipinski definition) is 0. The van der Waals surface area contributed by atoms with E-state index in [2.05, 4.69) is 27.6 Å². The first kappa shape index (κ1) is 10.8. The van der Waals surface area contributed by atoms with Gasteiger partial charge in [-0.25, -0.2) is 4.98 Å². The summed E-state index contributed by atoms with van der Waals surface area (Å²) in [5.41, 5.74) is 2.68. The van der Waals surface area contributed by atoms with E-state index in [9.17, 15) is 4.79 Å². The molecule has 2 aromatic rings. The van der Waals surface area contributed by atoms with Crippen LogP contribution in [0.25, 0.3) is 5.69 Å². The molecule has 4 nitrogen and oxygen atoms in total. The molecular formula is C12H10IN3O. The van der Waals surface area contributed by atoms with Gasteiger partial charge in [-0.05, 0) is 12.1 Å². The number of aromatic nitrogens is 2. The van der Waals surface area contributed by atoms with Gasteiger partial charge < -0.3 is 4.90 Å². The fraction of sp³-hybridized carbons (Fsp3) is 0.167. The highest BCUT2D eigenvalue weighted by atomic mass is 127. The Hall–Kier alpha value is -1.37. The molecule has 0 saturated heterocycles. The molecule has 1 aliphatic heterocycles. The Morgan fingerprint density at radius 2 is 2.12 bits per heavy atom. The van der Waals surface area contributed by atoms with Gasteiger partial charge >= 0.3 is 0 Å². The van der Waals surface area contributed by atoms with Crippen LogP contribution in [0, 0.1) is 3.83 Å². The van der Waals surface area contributed by atoms with Crippen molar-refractivity contribution in [1.29, 1.82) is 0 Å². The zero-order valence-electron chi connectivity index (χ0n) is 9.22. The molecule has 0 aliphatic carbocycles. The van der Waals surface area contributed by atoms with Crippen molar-refractivity contribution in [2.24, 2.45) is 0 Å². The Morgan fingerprint density at radius 1 is 1.35 bits per heavy atom. The van der Waals surface area contributed by atoms with Crippen LogP contribution >= 0.6 is 22.6 Å². The molecule has 0 spiro atoms. The number of halogens is 1. The van der Waals surface area contributed by atoms with Crippen LogP contribution in [0.2, 0.25) is 0 Å². The van der Waals surface area contributed by atoms with E-state index in [4.69, 9.17) is 0 Å². The number of carbonyl (C=O) groups is 1. The first-order chi connectivity index (χ1) is 8.18. The maximum absolute atomic E-state index is 12.2. The highest BCUT2D eigenvalue weighted by Gasteiger charge is 2.24. The maximum Gasteiger partial charge on any atom is 0.256 e. The number of carbonyl (C=O) groups excluding carboxylic acids is 1. The predicted octanol–water partition coefficient (Wildman–Crippen LogP) is 2.06. The summed E-state index contributed by atoms with van der Waals surface area (Å²) in [5.74, 6) is 0.0556. The SMILES string of the molecule is CN1Cc2cnc(I)n2-c2ccccc2C1=O. The molecule has 0 radical (unpaired) electrons. The van der Waals surface area contributed by atoms with Crippen molar-refractivity contribution in [2.75, 3.05) is 7.05 Å². The predicted molar refractivity (Wildman–Crippen MR) is 72.1 cm³/mol. The molecule has 0 bridgehead atoms. The molecule has 1 amide bonds. The van der Waals surface area contributed by atoms with E-state index >= 15 is 0 Å². The summed E-state index contributed by atoms with van der Waals surface area (Å²) in [6, 6.07) is 7.65. The molecule has 0 unspecified atom stereocenters. The zero-order valence-corrected chi connectivity index (χ0v) is 11.4. The topological polar surface area (TPSA) is 38.1 Å². The molecule has 1 aromatic heterocycles. The Labute approximate surface area is 112 Å². The number of hydrogen-bond acceptors (Lipinski definition) is 2. The maximum atomic E-state index is 12.2. The van der Waals surface area contributed by atoms with Crippen LogP contribution in [0.5, 0.6) is 0 Å². The molecule has 2 heterocycles. The molecule has 0 fully saturated rings. The average Bonchev–Trinajstić information content (AvgIpc) is 2.64. The van der Waals surface area contributed by atoms with Gasteiger partial charge in [0, 0.05) is 29.6 Å². The minimum Gasteiger partial charge on any atom is -0.336 e. The number of nitrogens with zero attached hydrogens (tertiary/aromatic N) is 3. The van der Waals surface area contributed by atoms with Crippen LogP contribution in [-0.2, 0) is 6.54 Å². The van der Waals surface area contributed by atoms with Crippen molar-refractivity contribution in [3.8, 4) is 5.69 Å². The molecule has 1 aliphatic rings. The van der Waals surface area contributed by atoms with Crippen molar-refractivity contribution in [3.63, 3.8) is 0 Å². The quantitative estimate of drug-likeness (QED) is 0.689. The highest BCUT2D eigenvalue weighted by molar-refractivity contribution is 14.1. The van der Waals surface area contributed by atoms with Crippen LogP contribution in [0.3, 0.4) is 0 Å². The van der Waals surface area contributed by atoms with Gasteiger partial charge in [0.15, 0.2) is 3.83 Å². The van der Waals surface area contributed by atoms with Crippen LogP contribution in [0.1, 0.15) is 16.1 Å². The summed E-state index contributed by atoms with van der Waals surface area (Å²) in [5, 5.41) is 0. The zero-order chi connectivity index (χ0) is 12.0. The van der Waals surface area contributed by atoms with E-state index in [1.54, 1.807) is 4.90 Å². The number of para-hydroxylation sites is 1. The van der Waals surface area contributed by atoms with E-state index in [1.807, 2.05) is 42.1 Å². The van der Waals surface area contributed by atoms with Gasteiger partial charge in [0.2, 0.25) is 0 Å². The molecule has 5 heteroatoms. The van der Waals surface area contributed by atoms with Gasteiger partial charge in [0.25, 0.3) is 5.91 Å². The lowest BCUT2D eigenvalue weighted by Crippen LogP contribution is -2.24. The minimum absolute atomic E-state index is 0.0556. The van der Waals surface area contributed by atoms with Crippen molar-refractivity contribution >= 4 is 28.5 Å². The van der Waals surface area contributed by atoms with Gasteiger partial charge in [0.1, 0.15) is 0 Å². The Kier molecular flexibility index (Phi) is 2.43. The third-order valence-corrected chi connectivity index (χ3v) is 3.67. The lowest BCUT2D eigenvalue weighted by molar-refractivity contribution is 0.0788. The Bertz CT molecular complexity index is 606. The summed E-state index contributed by atoms with van der Waals surface area (Å²) in [6.07, 6.45) is 1.83. The molecule has 0 saturated carbocycles. The van der Waals surface area contributed by atoms with Crippen LogP contribution in [0.4, 0.5) is 0 Å². The first-order valence-corrected chi connectivity index (χ1v) is 6.33. The number of rotatable bonds is 0. The summed E-state index contributed by atoms with van der Waals surface area (Å²) in [4.78, 5) is 18.2. The molecule has 86 valence electrons. The fourth-order valence-electron chi connectivity index (χ4n) is 2.10. The molecular weight excluding hydrogens is 329 g/mol. The summed E-state index contributed by atoms with van der Waals surface area (Å²) in [6.45, 7) is 0.587. The van der Waals surface area contributed by atoms with Gasteiger partial charge in [0.05, 0.1) is 29.7 Å². The summed E-state index contributed by atoms with van der Waals surface area (Å²) in [7, 11) is 1.81. The minimum atomic E-state index is 0.0556. The van der Waals surface area contributed by atoms with Crippen LogP contribution in [-0.4, -0.2) is 27.4 Å². The molecule has 17 heavy (non-hydrogen) atoms. The Morgan fingerprint density at radius 3 is 2.94 bits per heavy atom. The van der Waals surface area contributed by atoms with Gasteiger partial charge in [-0.15, -0.1) is 0 Å². The second-order valence-electron chi connectivity index (χ2n) is 4.03. The second-order valence-corrected chi connectivity index (χ2v) is 5.00. The smallest absolute Gasteiger partial charge is 0.256 e.